The average molecular weight is 360 g/mol. The zero-order valence-electron chi connectivity index (χ0n) is 10.9. The monoisotopic (exact) mass is 360 g/mol. The van der Waals surface area contributed by atoms with E-state index in [4.69, 9.17) is 9.47 Å². The molecule has 100 valence electrons. The van der Waals surface area contributed by atoms with Gasteiger partial charge in [-0.2, -0.15) is 0 Å². The fraction of sp³-hybridized carbons (Fsp3) is 0.600. The number of alkyl halides is 1. The van der Waals surface area contributed by atoms with E-state index in [9.17, 15) is 0 Å². The minimum absolute atomic E-state index is 0.222. The highest BCUT2D eigenvalue weighted by Crippen LogP contribution is 2.29. The predicted octanol–water partition coefficient (Wildman–Crippen LogP) is 4.52. The molecular weight excluding hydrogens is 339 g/mol. The standard InChI is InChI=1S/C15H21IO2/c1-17-13-9-7-12(8-10-13)15(11-16)18-14-5-3-2-4-6-14/h7-10,14-15H,2-6,11H2,1H3. The first-order chi connectivity index (χ1) is 8.83. The minimum atomic E-state index is 0.222. The van der Waals surface area contributed by atoms with Gasteiger partial charge in [-0.05, 0) is 30.5 Å². The zero-order valence-corrected chi connectivity index (χ0v) is 13.1. The molecule has 1 saturated carbocycles. The van der Waals surface area contributed by atoms with E-state index in [1.54, 1.807) is 7.11 Å². The summed E-state index contributed by atoms with van der Waals surface area (Å²) < 4.78 is 12.4. The Hall–Kier alpha value is -0.290. The highest BCUT2D eigenvalue weighted by Gasteiger charge is 2.19. The molecule has 0 bridgehead atoms. The van der Waals surface area contributed by atoms with Crippen molar-refractivity contribution in [3.05, 3.63) is 29.8 Å². The van der Waals surface area contributed by atoms with Crippen LogP contribution < -0.4 is 4.74 Å². The molecule has 0 heterocycles. The van der Waals surface area contributed by atoms with Crippen LogP contribution in [0, 0.1) is 0 Å². The molecule has 0 spiro atoms. The lowest BCUT2D eigenvalue weighted by atomic mass is 9.97. The van der Waals surface area contributed by atoms with Gasteiger partial charge in [0, 0.05) is 4.43 Å². The summed E-state index contributed by atoms with van der Waals surface area (Å²) in [5.41, 5.74) is 1.26. The number of rotatable bonds is 5. The minimum Gasteiger partial charge on any atom is -0.497 e. The Kier molecular flexibility index (Phi) is 5.76. The molecule has 2 rings (SSSR count). The SMILES string of the molecule is COc1ccc(C(CI)OC2CCCCC2)cc1. The van der Waals surface area contributed by atoms with Crippen LogP contribution in [0.1, 0.15) is 43.8 Å². The van der Waals surface area contributed by atoms with E-state index in [2.05, 4.69) is 34.7 Å². The van der Waals surface area contributed by atoms with Crippen molar-refractivity contribution >= 4 is 22.6 Å². The van der Waals surface area contributed by atoms with Crippen LogP contribution in [0.4, 0.5) is 0 Å². The molecule has 0 saturated heterocycles. The molecule has 2 nitrogen and oxygen atoms in total. The van der Waals surface area contributed by atoms with Gasteiger partial charge in [0.1, 0.15) is 5.75 Å². The Labute approximate surface area is 123 Å². The van der Waals surface area contributed by atoms with Crippen molar-refractivity contribution in [2.75, 3.05) is 11.5 Å². The second-order valence-corrected chi connectivity index (χ2v) is 5.69. The van der Waals surface area contributed by atoms with Gasteiger partial charge in [0.25, 0.3) is 0 Å². The Bertz CT molecular complexity index is 344. The normalized spacial score (nSPS) is 18.6. The molecule has 0 radical (unpaired) electrons. The third kappa shape index (κ3) is 3.85. The Morgan fingerprint density at radius 1 is 1.17 bits per heavy atom. The van der Waals surface area contributed by atoms with Crippen LogP contribution in [-0.4, -0.2) is 17.6 Å². The molecule has 1 aliphatic rings. The molecule has 0 aromatic heterocycles. The lowest BCUT2D eigenvalue weighted by Gasteiger charge is -2.27. The van der Waals surface area contributed by atoms with E-state index < -0.39 is 0 Å². The van der Waals surface area contributed by atoms with E-state index in [0.717, 1.165) is 10.2 Å². The molecule has 1 unspecified atom stereocenters. The molecule has 1 atom stereocenters. The summed E-state index contributed by atoms with van der Waals surface area (Å²) in [4.78, 5) is 0. The maximum atomic E-state index is 6.25. The first-order valence-corrected chi connectivity index (χ1v) is 8.21. The number of halogens is 1. The van der Waals surface area contributed by atoms with Crippen LogP contribution in [0.2, 0.25) is 0 Å². The molecule has 0 N–H and O–H groups in total. The van der Waals surface area contributed by atoms with E-state index in [1.807, 2.05) is 12.1 Å². The third-order valence-corrected chi connectivity index (χ3v) is 4.34. The summed E-state index contributed by atoms with van der Waals surface area (Å²) in [7, 11) is 1.70. The van der Waals surface area contributed by atoms with Gasteiger partial charge in [-0.15, -0.1) is 0 Å². The van der Waals surface area contributed by atoms with E-state index in [0.29, 0.717) is 6.10 Å². The first-order valence-electron chi connectivity index (χ1n) is 6.69. The fourth-order valence-electron chi connectivity index (χ4n) is 2.46. The van der Waals surface area contributed by atoms with Crippen LogP contribution in [-0.2, 0) is 4.74 Å². The predicted molar refractivity (Wildman–Crippen MR) is 82.6 cm³/mol. The van der Waals surface area contributed by atoms with Gasteiger partial charge in [0.15, 0.2) is 0 Å². The average Bonchev–Trinajstić information content (AvgIpc) is 2.46. The second-order valence-electron chi connectivity index (χ2n) is 4.81. The van der Waals surface area contributed by atoms with E-state index in [-0.39, 0.29) is 6.10 Å². The van der Waals surface area contributed by atoms with Crippen LogP contribution in [0.15, 0.2) is 24.3 Å². The molecule has 1 aromatic rings. The summed E-state index contributed by atoms with van der Waals surface area (Å²) in [5, 5.41) is 0. The molecule has 0 aliphatic heterocycles. The maximum absolute atomic E-state index is 6.25. The van der Waals surface area contributed by atoms with Crippen molar-refractivity contribution in [1.82, 2.24) is 0 Å². The van der Waals surface area contributed by atoms with Crippen LogP contribution in [0.3, 0.4) is 0 Å². The van der Waals surface area contributed by atoms with E-state index >= 15 is 0 Å². The van der Waals surface area contributed by atoms with E-state index in [1.165, 1.54) is 37.7 Å². The summed E-state index contributed by atoms with van der Waals surface area (Å²) >= 11 is 2.41. The van der Waals surface area contributed by atoms with Crippen molar-refractivity contribution in [3.8, 4) is 5.75 Å². The molecule has 1 fully saturated rings. The van der Waals surface area contributed by atoms with Gasteiger partial charge in [-0.3, -0.25) is 0 Å². The summed E-state index contributed by atoms with van der Waals surface area (Å²) in [5.74, 6) is 0.906. The summed E-state index contributed by atoms with van der Waals surface area (Å²) in [6, 6.07) is 8.26. The molecule has 3 heteroatoms. The van der Waals surface area contributed by atoms with Crippen molar-refractivity contribution in [3.63, 3.8) is 0 Å². The Morgan fingerprint density at radius 3 is 2.39 bits per heavy atom. The lowest BCUT2D eigenvalue weighted by Crippen LogP contribution is -2.20. The van der Waals surface area contributed by atoms with Gasteiger partial charge < -0.3 is 9.47 Å². The van der Waals surface area contributed by atoms with Gasteiger partial charge in [-0.1, -0.05) is 54.0 Å². The summed E-state index contributed by atoms with van der Waals surface area (Å²) in [6.45, 7) is 0. The number of hydrogen-bond donors (Lipinski definition) is 0. The van der Waals surface area contributed by atoms with Crippen molar-refractivity contribution < 1.29 is 9.47 Å². The smallest absolute Gasteiger partial charge is 0.118 e. The zero-order chi connectivity index (χ0) is 12.8. The Balaban J connectivity index is 1.97. The third-order valence-electron chi connectivity index (χ3n) is 3.54. The molecule has 0 amide bonds. The number of ether oxygens (including phenoxy) is 2. The topological polar surface area (TPSA) is 18.5 Å². The highest BCUT2D eigenvalue weighted by molar-refractivity contribution is 14.1. The van der Waals surface area contributed by atoms with Crippen LogP contribution >= 0.6 is 22.6 Å². The molecule has 1 aliphatic carbocycles. The largest absolute Gasteiger partial charge is 0.497 e. The fourth-order valence-corrected chi connectivity index (χ4v) is 3.17. The van der Waals surface area contributed by atoms with Crippen molar-refractivity contribution in [2.24, 2.45) is 0 Å². The lowest BCUT2D eigenvalue weighted by molar-refractivity contribution is -0.0185. The first kappa shape index (κ1) is 14.1. The number of benzene rings is 1. The number of methoxy groups -OCH3 is 1. The quantitative estimate of drug-likeness (QED) is 0.568. The highest BCUT2D eigenvalue weighted by atomic mass is 127. The molecule has 1 aromatic carbocycles. The van der Waals surface area contributed by atoms with Gasteiger partial charge in [-0.25, -0.2) is 0 Å². The van der Waals surface area contributed by atoms with Crippen molar-refractivity contribution in [2.45, 2.75) is 44.3 Å². The van der Waals surface area contributed by atoms with Crippen molar-refractivity contribution in [1.29, 1.82) is 0 Å². The van der Waals surface area contributed by atoms with Gasteiger partial charge in [0.2, 0.25) is 0 Å². The van der Waals surface area contributed by atoms with Crippen LogP contribution in [0.25, 0.3) is 0 Å². The number of hydrogen-bond acceptors (Lipinski definition) is 2. The maximum Gasteiger partial charge on any atom is 0.118 e. The second kappa shape index (κ2) is 7.34. The molecule has 18 heavy (non-hydrogen) atoms. The summed E-state index contributed by atoms with van der Waals surface area (Å²) in [6.07, 6.45) is 7.15. The molecular formula is C15H21IO2. The van der Waals surface area contributed by atoms with Gasteiger partial charge >= 0.3 is 0 Å². The Morgan fingerprint density at radius 2 is 1.83 bits per heavy atom. The van der Waals surface area contributed by atoms with Gasteiger partial charge in [0.05, 0.1) is 19.3 Å². The van der Waals surface area contributed by atoms with Crippen LogP contribution in [0.5, 0.6) is 5.75 Å².